The summed E-state index contributed by atoms with van der Waals surface area (Å²) < 4.78 is 0. The molecular weight excluding hydrogens is 234 g/mol. The van der Waals surface area contributed by atoms with E-state index in [2.05, 4.69) is 61.6 Å². The van der Waals surface area contributed by atoms with E-state index >= 15 is 0 Å². The van der Waals surface area contributed by atoms with Gasteiger partial charge in [0.2, 0.25) is 0 Å². The Balaban J connectivity index is 2.49. The molecular formula is C17H23NO. The molecule has 2 nitrogen and oxygen atoms in total. The van der Waals surface area contributed by atoms with Gasteiger partial charge in [0.1, 0.15) is 0 Å². The molecule has 2 aromatic carbocycles. The quantitative estimate of drug-likeness (QED) is 0.862. The minimum absolute atomic E-state index is 0.121. The number of hydrogen-bond acceptors (Lipinski definition) is 2. The maximum atomic E-state index is 10.5. The average molecular weight is 257 g/mol. The Bertz CT molecular complexity index is 530. The van der Waals surface area contributed by atoms with Crippen molar-refractivity contribution in [2.45, 2.75) is 25.9 Å². The van der Waals surface area contributed by atoms with Gasteiger partial charge in [-0.15, -0.1) is 0 Å². The highest BCUT2D eigenvalue weighted by atomic mass is 16.3. The molecule has 2 rings (SSSR count). The van der Waals surface area contributed by atoms with Crippen LogP contribution in [0.25, 0.3) is 10.8 Å². The second-order valence-corrected chi connectivity index (χ2v) is 5.47. The van der Waals surface area contributed by atoms with Gasteiger partial charge in [0.15, 0.2) is 0 Å². The second kappa shape index (κ2) is 6.18. The normalized spacial score (nSPS) is 14.8. The third kappa shape index (κ3) is 2.96. The first-order chi connectivity index (χ1) is 9.15. The molecule has 2 heteroatoms. The van der Waals surface area contributed by atoms with Gasteiger partial charge in [-0.1, -0.05) is 56.3 Å². The molecule has 0 saturated carbocycles. The minimum atomic E-state index is -0.335. The van der Waals surface area contributed by atoms with Crippen molar-refractivity contribution in [3.8, 4) is 0 Å². The van der Waals surface area contributed by atoms with Gasteiger partial charge < -0.3 is 10.4 Å². The molecule has 0 heterocycles. The molecule has 0 aromatic heterocycles. The first-order valence-corrected chi connectivity index (χ1v) is 6.95. The number of fused-ring (bicyclic) bond motifs is 1. The van der Waals surface area contributed by atoms with Gasteiger partial charge in [-0.2, -0.15) is 0 Å². The molecule has 0 amide bonds. The summed E-state index contributed by atoms with van der Waals surface area (Å²) in [5.74, 6) is 0.369. The molecule has 102 valence electrons. The smallest absolute Gasteiger partial charge is 0.0644 e. The molecule has 0 aliphatic heterocycles. The summed E-state index contributed by atoms with van der Waals surface area (Å²) in [5, 5.41) is 16.2. The molecule has 2 N–H and O–H groups in total. The summed E-state index contributed by atoms with van der Waals surface area (Å²) in [4.78, 5) is 0. The Morgan fingerprint density at radius 3 is 2.42 bits per heavy atom. The van der Waals surface area contributed by atoms with Crippen LogP contribution >= 0.6 is 0 Å². The largest absolute Gasteiger partial charge is 0.392 e. The monoisotopic (exact) mass is 257 g/mol. The molecule has 0 aliphatic rings. The highest BCUT2D eigenvalue weighted by Crippen LogP contribution is 2.30. The van der Waals surface area contributed by atoms with Crippen LogP contribution in [0.1, 0.15) is 25.3 Å². The van der Waals surface area contributed by atoms with E-state index < -0.39 is 0 Å². The molecule has 0 unspecified atom stereocenters. The zero-order valence-corrected chi connectivity index (χ0v) is 11.9. The maximum absolute atomic E-state index is 10.5. The van der Waals surface area contributed by atoms with Crippen LogP contribution in [0.4, 0.5) is 0 Å². The summed E-state index contributed by atoms with van der Waals surface area (Å²) in [6, 6.07) is 14.7. The van der Waals surface area contributed by atoms with E-state index in [1.54, 1.807) is 0 Å². The zero-order valence-electron chi connectivity index (χ0n) is 11.9. The van der Waals surface area contributed by atoms with Crippen molar-refractivity contribution in [2.24, 2.45) is 5.92 Å². The first kappa shape index (κ1) is 14.0. The topological polar surface area (TPSA) is 32.3 Å². The lowest BCUT2D eigenvalue weighted by molar-refractivity contribution is 0.0965. The summed E-state index contributed by atoms with van der Waals surface area (Å²) in [6.07, 6.45) is -0.335. The zero-order chi connectivity index (χ0) is 13.8. The minimum Gasteiger partial charge on any atom is -0.392 e. The van der Waals surface area contributed by atoms with Gasteiger partial charge in [-0.05, 0) is 29.3 Å². The Morgan fingerprint density at radius 2 is 1.74 bits per heavy atom. The summed E-state index contributed by atoms with van der Waals surface area (Å²) in [6.45, 7) is 4.92. The standard InChI is InChI=1S/C17H23NO/c1-12(2)17(19)16(11-18-3)15-10-6-8-13-7-4-5-9-14(13)15/h4-10,12,16-19H,11H2,1-3H3/t16-,17+/m0/s1. The number of aliphatic hydroxyl groups excluding tert-OH is 1. The van der Waals surface area contributed by atoms with Crippen LogP contribution in [0.15, 0.2) is 42.5 Å². The molecule has 19 heavy (non-hydrogen) atoms. The van der Waals surface area contributed by atoms with E-state index in [0.717, 1.165) is 6.54 Å². The Hall–Kier alpha value is -1.38. The molecule has 0 fully saturated rings. The lowest BCUT2D eigenvalue weighted by Gasteiger charge is -2.27. The van der Waals surface area contributed by atoms with Gasteiger partial charge in [-0.3, -0.25) is 0 Å². The van der Waals surface area contributed by atoms with Crippen molar-refractivity contribution >= 4 is 10.8 Å². The molecule has 0 aliphatic carbocycles. The van der Waals surface area contributed by atoms with Gasteiger partial charge in [0, 0.05) is 12.5 Å². The predicted octanol–water partition coefficient (Wildman–Crippen LogP) is 3.16. The van der Waals surface area contributed by atoms with Crippen molar-refractivity contribution in [2.75, 3.05) is 13.6 Å². The van der Waals surface area contributed by atoms with Crippen LogP contribution in [0.3, 0.4) is 0 Å². The highest BCUT2D eigenvalue weighted by molar-refractivity contribution is 5.86. The Labute approximate surface area is 115 Å². The van der Waals surface area contributed by atoms with Crippen molar-refractivity contribution in [1.82, 2.24) is 5.32 Å². The third-order valence-electron chi connectivity index (χ3n) is 3.74. The summed E-state index contributed by atoms with van der Waals surface area (Å²) in [5.41, 5.74) is 1.23. The predicted molar refractivity (Wildman–Crippen MR) is 81.5 cm³/mol. The van der Waals surface area contributed by atoms with Gasteiger partial charge in [0.05, 0.1) is 6.10 Å². The fraction of sp³-hybridized carbons (Fsp3) is 0.412. The fourth-order valence-corrected chi connectivity index (χ4v) is 2.67. The Kier molecular flexibility index (Phi) is 4.56. The van der Waals surface area contributed by atoms with Crippen LogP contribution < -0.4 is 5.32 Å². The molecule has 2 aromatic rings. The SMILES string of the molecule is CNC[C@@H](c1cccc2ccccc12)[C@H](O)C(C)C. The van der Waals surface area contributed by atoms with E-state index in [9.17, 15) is 5.11 Å². The van der Waals surface area contributed by atoms with Crippen molar-refractivity contribution in [1.29, 1.82) is 0 Å². The Morgan fingerprint density at radius 1 is 1.05 bits per heavy atom. The van der Waals surface area contributed by atoms with Crippen LogP contribution in [0.2, 0.25) is 0 Å². The summed E-state index contributed by atoms with van der Waals surface area (Å²) >= 11 is 0. The summed E-state index contributed by atoms with van der Waals surface area (Å²) in [7, 11) is 1.94. The van der Waals surface area contributed by atoms with Gasteiger partial charge in [0.25, 0.3) is 0 Å². The molecule has 0 bridgehead atoms. The number of aliphatic hydroxyl groups is 1. The van der Waals surface area contributed by atoms with Crippen LogP contribution in [0, 0.1) is 5.92 Å². The fourth-order valence-electron chi connectivity index (χ4n) is 2.67. The van der Waals surface area contributed by atoms with Crippen LogP contribution in [-0.2, 0) is 0 Å². The van der Waals surface area contributed by atoms with Crippen molar-refractivity contribution in [3.05, 3.63) is 48.0 Å². The molecule has 0 radical (unpaired) electrons. The third-order valence-corrected chi connectivity index (χ3v) is 3.74. The highest BCUT2D eigenvalue weighted by Gasteiger charge is 2.24. The number of likely N-dealkylation sites (N-methyl/N-ethyl adjacent to an activating group) is 1. The lowest BCUT2D eigenvalue weighted by Crippen LogP contribution is -2.31. The lowest BCUT2D eigenvalue weighted by atomic mass is 9.84. The van der Waals surface area contributed by atoms with Gasteiger partial charge >= 0.3 is 0 Å². The second-order valence-electron chi connectivity index (χ2n) is 5.47. The molecule has 2 atom stereocenters. The molecule has 0 spiro atoms. The first-order valence-electron chi connectivity index (χ1n) is 6.95. The van der Waals surface area contributed by atoms with E-state index in [-0.39, 0.29) is 17.9 Å². The van der Waals surface area contributed by atoms with E-state index in [0.29, 0.717) is 0 Å². The van der Waals surface area contributed by atoms with Crippen molar-refractivity contribution < 1.29 is 5.11 Å². The van der Waals surface area contributed by atoms with E-state index in [1.807, 2.05) is 7.05 Å². The van der Waals surface area contributed by atoms with Crippen LogP contribution in [-0.4, -0.2) is 24.8 Å². The molecule has 0 saturated heterocycles. The number of nitrogens with one attached hydrogen (secondary N) is 1. The van der Waals surface area contributed by atoms with Crippen molar-refractivity contribution in [3.63, 3.8) is 0 Å². The van der Waals surface area contributed by atoms with Gasteiger partial charge in [-0.25, -0.2) is 0 Å². The average Bonchev–Trinajstić information content (AvgIpc) is 2.43. The van der Waals surface area contributed by atoms with Crippen LogP contribution in [0.5, 0.6) is 0 Å². The van der Waals surface area contributed by atoms with E-state index in [4.69, 9.17) is 0 Å². The van der Waals surface area contributed by atoms with E-state index in [1.165, 1.54) is 16.3 Å². The number of benzene rings is 2. The maximum Gasteiger partial charge on any atom is 0.0644 e. The number of hydrogen-bond donors (Lipinski definition) is 2. The number of rotatable bonds is 5.